The first kappa shape index (κ1) is 13.1. The Hall–Kier alpha value is -1.36. The van der Waals surface area contributed by atoms with E-state index in [2.05, 4.69) is 15.9 Å². The van der Waals surface area contributed by atoms with E-state index in [1.807, 2.05) is 13.0 Å². The SMILES string of the molecule is Cc1c(Br)cccc1C(=O)N1CCC[C@H]1C(=O)O. The molecule has 1 aliphatic heterocycles. The van der Waals surface area contributed by atoms with Crippen molar-refractivity contribution in [1.29, 1.82) is 0 Å². The second kappa shape index (κ2) is 5.10. The standard InChI is InChI=1S/C13H14BrNO3/c1-8-9(4-2-5-10(8)14)12(16)15-7-3-6-11(15)13(17)18/h2,4-5,11H,3,6-7H2,1H3,(H,17,18)/t11-/m0/s1. The lowest BCUT2D eigenvalue weighted by Gasteiger charge is -2.22. The molecule has 2 rings (SSSR count). The van der Waals surface area contributed by atoms with Crippen LogP contribution in [0, 0.1) is 6.92 Å². The van der Waals surface area contributed by atoms with Crippen LogP contribution in [0.4, 0.5) is 0 Å². The van der Waals surface area contributed by atoms with Crippen LogP contribution in [0.1, 0.15) is 28.8 Å². The molecule has 96 valence electrons. The minimum Gasteiger partial charge on any atom is -0.480 e. The molecule has 0 saturated carbocycles. The molecule has 4 nitrogen and oxygen atoms in total. The van der Waals surface area contributed by atoms with Gasteiger partial charge in [-0.25, -0.2) is 4.79 Å². The highest BCUT2D eigenvalue weighted by molar-refractivity contribution is 9.10. The van der Waals surface area contributed by atoms with Crippen LogP contribution in [0.2, 0.25) is 0 Å². The summed E-state index contributed by atoms with van der Waals surface area (Å²) in [5.74, 6) is -1.12. The fraction of sp³-hybridized carbons (Fsp3) is 0.385. The molecule has 0 unspecified atom stereocenters. The van der Waals surface area contributed by atoms with Crippen molar-refractivity contribution in [3.05, 3.63) is 33.8 Å². The predicted octanol–water partition coefficient (Wildman–Crippen LogP) is 2.45. The van der Waals surface area contributed by atoms with E-state index in [0.717, 1.165) is 16.5 Å². The third kappa shape index (κ3) is 2.27. The molecule has 0 radical (unpaired) electrons. The van der Waals surface area contributed by atoms with Gasteiger partial charge in [0.2, 0.25) is 0 Å². The smallest absolute Gasteiger partial charge is 0.326 e. The maximum Gasteiger partial charge on any atom is 0.326 e. The largest absolute Gasteiger partial charge is 0.480 e. The van der Waals surface area contributed by atoms with Crippen molar-refractivity contribution in [3.63, 3.8) is 0 Å². The second-order valence-electron chi connectivity index (χ2n) is 4.41. The highest BCUT2D eigenvalue weighted by atomic mass is 79.9. The summed E-state index contributed by atoms with van der Waals surface area (Å²) in [4.78, 5) is 24.9. The number of carbonyl (C=O) groups is 2. The maximum atomic E-state index is 12.4. The topological polar surface area (TPSA) is 57.6 Å². The molecule has 0 spiro atoms. The summed E-state index contributed by atoms with van der Waals surface area (Å²) in [6, 6.07) is 4.71. The molecule has 1 saturated heterocycles. The Labute approximate surface area is 114 Å². The monoisotopic (exact) mass is 311 g/mol. The summed E-state index contributed by atoms with van der Waals surface area (Å²) in [7, 11) is 0. The molecule has 1 aliphatic rings. The number of aliphatic carboxylic acids is 1. The Morgan fingerprint density at radius 1 is 1.44 bits per heavy atom. The average Bonchev–Trinajstić information content (AvgIpc) is 2.81. The van der Waals surface area contributed by atoms with E-state index in [4.69, 9.17) is 5.11 Å². The molecule has 1 fully saturated rings. The van der Waals surface area contributed by atoms with Gasteiger partial charge in [0, 0.05) is 16.6 Å². The summed E-state index contributed by atoms with van der Waals surface area (Å²) < 4.78 is 0.861. The number of amides is 1. The van der Waals surface area contributed by atoms with Gasteiger partial charge in [0.25, 0.3) is 5.91 Å². The normalized spacial score (nSPS) is 19.0. The zero-order valence-corrected chi connectivity index (χ0v) is 11.6. The molecule has 0 aromatic heterocycles. The fourth-order valence-corrected chi connectivity index (χ4v) is 2.63. The quantitative estimate of drug-likeness (QED) is 0.912. The molecule has 1 aromatic rings. The van der Waals surface area contributed by atoms with E-state index in [9.17, 15) is 9.59 Å². The van der Waals surface area contributed by atoms with Crippen molar-refractivity contribution in [2.75, 3.05) is 6.54 Å². The number of rotatable bonds is 2. The van der Waals surface area contributed by atoms with Crippen molar-refractivity contribution in [2.45, 2.75) is 25.8 Å². The van der Waals surface area contributed by atoms with Gasteiger partial charge in [0.05, 0.1) is 0 Å². The van der Waals surface area contributed by atoms with E-state index in [0.29, 0.717) is 18.5 Å². The van der Waals surface area contributed by atoms with E-state index in [-0.39, 0.29) is 5.91 Å². The van der Waals surface area contributed by atoms with Crippen molar-refractivity contribution in [2.24, 2.45) is 0 Å². The zero-order valence-electron chi connectivity index (χ0n) is 10.0. The number of hydrogen-bond donors (Lipinski definition) is 1. The summed E-state index contributed by atoms with van der Waals surface area (Å²) >= 11 is 3.38. The first-order valence-corrected chi connectivity index (χ1v) is 6.60. The average molecular weight is 312 g/mol. The van der Waals surface area contributed by atoms with Gasteiger partial charge in [-0.2, -0.15) is 0 Å². The van der Waals surface area contributed by atoms with Crippen LogP contribution in [0.5, 0.6) is 0 Å². The Kier molecular flexibility index (Phi) is 3.71. The summed E-state index contributed by atoms with van der Waals surface area (Å²) in [6.45, 7) is 2.37. The van der Waals surface area contributed by atoms with Crippen molar-refractivity contribution < 1.29 is 14.7 Å². The Bertz CT molecular complexity index is 501. The van der Waals surface area contributed by atoms with E-state index < -0.39 is 12.0 Å². The number of halogens is 1. The molecule has 5 heteroatoms. The van der Waals surface area contributed by atoms with Gasteiger partial charge in [-0.3, -0.25) is 4.79 Å². The molecule has 0 bridgehead atoms. The third-order valence-corrected chi connectivity index (χ3v) is 4.16. The first-order valence-electron chi connectivity index (χ1n) is 5.81. The molecule has 1 aromatic carbocycles. The first-order chi connectivity index (χ1) is 8.52. The Balaban J connectivity index is 2.31. The zero-order chi connectivity index (χ0) is 13.3. The predicted molar refractivity (Wildman–Crippen MR) is 70.6 cm³/mol. The molecule has 1 atom stereocenters. The number of benzene rings is 1. The second-order valence-corrected chi connectivity index (χ2v) is 5.26. The number of hydrogen-bond acceptors (Lipinski definition) is 2. The van der Waals surface area contributed by atoms with Crippen LogP contribution in [0.25, 0.3) is 0 Å². The van der Waals surface area contributed by atoms with Crippen molar-refractivity contribution in [3.8, 4) is 0 Å². The number of likely N-dealkylation sites (tertiary alicyclic amines) is 1. The summed E-state index contributed by atoms with van der Waals surface area (Å²) in [5, 5.41) is 9.10. The Morgan fingerprint density at radius 2 is 2.17 bits per heavy atom. The van der Waals surface area contributed by atoms with Crippen LogP contribution in [0.15, 0.2) is 22.7 Å². The third-order valence-electron chi connectivity index (χ3n) is 3.30. The van der Waals surface area contributed by atoms with Gasteiger partial charge < -0.3 is 10.0 Å². The summed E-state index contributed by atoms with van der Waals surface area (Å²) in [6.07, 6.45) is 1.28. The van der Waals surface area contributed by atoms with E-state index in [1.165, 1.54) is 4.90 Å². The number of carboxylic acids is 1. The van der Waals surface area contributed by atoms with E-state index in [1.54, 1.807) is 12.1 Å². The van der Waals surface area contributed by atoms with Crippen molar-refractivity contribution >= 4 is 27.8 Å². The minimum absolute atomic E-state index is 0.196. The molecular formula is C13H14BrNO3. The lowest BCUT2D eigenvalue weighted by Crippen LogP contribution is -2.40. The van der Waals surface area contributed by atoms with Crippen molar-refractivity contribution in [1.82, 2.24) is 4.90 Å². The van der Waals surface area contributed by atoms with Gasteiger partial charge >= 0.3 is 5.97 Å². The molecule has 1 amide bonds. The minimum atomic E-state index is -0.923. The molecule has 0 aliphatic carbocycles. The number of carboxylic acid groups (broad SMARTS) is 1. The van der Waals surface area contributed by atoms with Crippen LogP contribution in [-0.2, 0) is 4.79 Å². The van der Waals surface area contributed by atoms with Crippen LogP contribution in [0.3, 0.4) is 0 Å². The molecule has 1 heterocycles. The highest BCUT2D eigenvalue weighted by Gasteiger charge is 2.34. The highest BCUT2D eigenvalue weighted by Crippen LogP contribution is 2.25. The lowest BCUT2D eigenvalue weighted by atomic mass is 10.1. The van der Waals surface area contributed by atoms with Gasteiger partial charge in [0.15, 0.2) is 0 Å². The molecular weight excluding hydrogens is 298 g/mol. The maximum absolute atomic E-state index is 12.4. The van der Waals surface area contributed by atoms with Crippen LogP contribution < -0.4 is 0 Å². The van der Waals surface area contributed by atoms with Crippen LogP contribution in [-0.4, -0.2) is 34.5 Å². The number of carbonyl (C=O) groups excluding carboxylic acids is 1. The molecule has 1 N–H and O–H groups in total. The number of nitrogens with zero attached hydrogens (tertiary/aromatic N) is 1. The van der Waals surface area contributed by atoms with Crippen LogP contribution >= 0.6 is 15.9 Å². The lowest BCUT2D eigenvalue weighted by molar-refractivity contribution is -0.141. The van der Waals surface area contributed by atoms with E-state index >= 15 is 0 Å². The van der Waals surface area contributed by atoms with Gasteiger partial charge in [0.1, 0.15) is 6.04 Å². The van der Waals surface area contributed by atoms with Gasteiger partial charge in [-0.05, 0) is 37.5 Å². The fourth-order valence-electron chi connectivity index (χ4n) is 2.26. The summed E-state index contributed by atoms with van der Waals surface area (Å²) in [5.41, 5.74) is 1.41. The van der Waals surface area contributed by atoms with Gasteiger partial charge in [-0.15, -0.1) is 0 Å². The Morgan fingerprint density at radius 3 is 2.83 bits per heavy atom. The van der Waals surface area contributed by atoms with Gasteiger partial charge in [-0.1, -0.05) is 22.0 Å². The molecule has 18 heavy (non-hydrogen) atoms.